The molecule has 11 aromatic rings. The zero-order valence-corrected chi connectivity index (χ0v) is 82.1. The topological polar surface area (TPSA) is 52.6 Å². The first-order chi connectivity index (χ1) is 46.6. The maximum Gasteiger partial charge on any atom is 1.00 e. The first kappa shape index (κ1) is 90.8. The van der Waals surface area contributed by atoms with Gasteiger partial charge in [-0.1, -0.05) is 51.0 Å². The Labute approximate surface area is 694 Å². The third-order valence-corrected chi connectivity index (χ3v) is 44.6. The number of thiophene rings is 11. The van der Waals surface area contributed by atoms with Crippen LogP contribution in [0.2, 0.25) is 44.5 Å². The number of halogens is 3. The van der Waals surface area contributed by atoms with Gasteiger partial charge in [-0.05, 0) is 116 Å². The fraction of sp³-hybridized carbons (Fsp3) is 0.360. The van der Waals surface area contributed by atoms with E-state index in [0.717, 1.165) is 39.3 Å². The third kappa shape index (κ3) is 27.0. The zero-order chi connectivity index (χ0) is 70.1. The molecule has 2 radical (unpaired) electrons. The van der Waals surface area contributed by atoms with Crippen molar-refractivity contribution in [2.75, 3.05) is 26.4 Å². The van der Waals surface area contributed by atoms with Crippen LogP contribution in [0.3, 0.4) is 0 Å². The van der Waals surface area contributed by atoms with Crippen LogP contribution in [0.1, 0.15) is 181 Å². The third-order valence-electron chi connectivity index (χ3n) is 15.1. The molecule has 99 heavy (non-hydrogen) atoms. The second kappa shape index (κ2) is 46.7. The maximum atomic E-state index is 11.8. The number of carbonyl (C=O) groups excluding carboxylic acids is 2. The molecule has 0 bridgehead atoms. The van der Waals surface area contributed by atoms with Gasteiger partial charge < -0.3 is 23.3 Å². The van der Waals surface area contributed by atoms with E-state index in [0.29, 0.717) is 44.6 Å². The standard InChI is InChI=1S/C18H12S4.C18H10S4.C10H4O2S2.2C4H8O.C4H4S.2C4H9.9CH3.3ClH.2Li.4Sn/c2*1-3-13(19-7-1)15-11-5-9-22-18(11)16(14-4-2-8-20-14)12-6-10-21-17(12)15;11-7-5-1-3-13-9(5)8(12)6-2-4-14-10(6)7;3*1-2-4-5-3-1;2*1-3-4-2;;;;;;;;;;;;;;;;;;/h1-10,15-16H;1-8,15-16H;1-4H;2*1-4H2;1-4H;2*1,3-4H2,2H3;9*1H3;3*1H;;;;;;/q;;;;;;2*-1;;;;;;;;;;;;;2*+1;;;+1;+2/p-3. The van der Waals surface area contributed by atoms with Crippen molar-refractivity contribution in [1.82, 2.24) is 0 Å². The second-order valence-corrected chi connectivity index (χ2v) is 91.0. The van der Waals surface area contributed by atoms with Crippen LogP contribution in [0.5, 0.6) is 0 Å². The van der Waals surface area contributed by atoms with E-state index >= 15 is 0 Å². The number of ketones is 2. The molecule has 24 heteroatoms. The number of unbranched alkanes of at least 4 members (excludes halogenated alkanes) is 2. The van der Waals surface area contributed by atoms with E-state index in [2.05, 4.69) is 200 Å². The monoisotopic (exact) mass is 2010 g/mol. The van der Waals surface area contributed by atoms with Crippen LogP contribution in [0.4, 0.5) is 0 Å². The molecule has 11 aromatic heterocycles. The molecule has 0 saturated carbocycles. The zero-order valence-electron chi connectivity index (χ0n) is 59.5. The summed E-state index contributed by atoms with van der Waals surface area (Å²) >= 11 is 13.3. The Morgan fingerprint density at radius 2 is 0.727 bits per heavy atom. The van der Waals surface area contributed by atoms with Crippen LogP contribution in [0.15, 0.2) is 151 Å². The molecule has 3 aliphatic carbocycles. The SMILES string of the molecule is C1CCOC1.C1CCOC1.O=C1c2ccsc2C(=O)c2ccsc21.[CH2-]CCC.[CH2-]CCC.[CH3][Sn]([CH3])([CH3])[Cl].[CH3][Sn]([CH3])([CH3])[c]1cc2c(s1)C(c1cccs1)c1c[c]([Sn]([CH3])([CH3])[CH3])sc1C2c1cccs1.[Cl][Sn][Cl].[Li+].[Li+].c1ccsc1.c1csc(C2c3ccsc3C(c3cccs3)c3ccsc32)c1. The quantitative estimate of drug-likeness (QED) is 0.112. The Balaban J connectivity index is 0.000000224. The van der Waals surface area contributed by atoms with Crippen molar-refractivity contribution >= 4 is 242 Å². The molecule has 4 atom stereocenters. The normalized spacial score (nSPS) is 16.4. The summed E-state index contributed by atoms with van der Waals surface area (Å²) < 4.78 is 13.3. The van der Waals surface area contributed by atoms with Crippen LogP contribution in [-0.2, 0) is 9.47 Å². The van der Waals surface area contributed by atoms with Crippen LogP contribution in [-0.4, -0.2) is 111 Å². The molecule has 520 valence electrons. The number of rotatable bonds is 8. The Morgan fingerprint density at radius 3 is 0.960 bits per heavy atom. The molecule has 5 aliphatic rings. The van der Waals surface area contributed by atoms with Crippen LogP contribution in [0.25, 0.3) is 0 Å². The molecule has 4 nitrogen and oxygen atoms in total. The van der Waals surface area contributed by atoms with Crippen LogP contribution in [0, 0.1) is 13.8 Å². The van der Waals surface area contributed by atoms with Gasteiger partial charge in [0.15, 0.2) is 0 Å². The van der Waals surface area contributed by atoms with Gasteiger partial charge in [0.25, 0.3) is 0 Å². The van der Waals surface area contributed by atoms with Crippen molar-refractivity contribution in [3.8, 4) is 0 Å². The Hall–Kier alpha value is 1.22. The number of carbonyl (C=O) groups is 2. The van der Waals surface area contributed by atoms with Gasteiger partial charge in [0, 0.05) is 57.1 Å². The predicted octanol–water partition coefficient (Wildman–Crippen LogP) is 20.5. The summed E-state index contributed by atoms with van der Waals surface area (Å²) in [6, 6.07) is 35.6. The Bertz CT molecular complexity index is 3550. The number of fused-ring (bicyclic) bond motifs is 6. The Kier molecular flexibility index (Phi) is 42.8. The van der Waals surface area contributed by atoms with Gasteiger partial charge in [-0.15, -0.1) is 68.0 Å². The molecule has 13 heterocycles. The van der Waals surface area contributed by atoms with Crippen molar-refractivity contribution in [3.63, 3.8) is 0 Å². The van der Waals surface area contributed by atoms with E-state index in [-0.39, 0.29) is 49.3 Å². The van der Waals surface area contributed by atoms with Gasteiger partial charge in [-0.3, -0.25) is 9.59 Å². The molecule has 2 aliphatic heterocycles. The van der Waals surface area contributed by atoms with Crippen molar-refractivity contribution in [2.45, 2.75) is 133 Å². The second-order valence-electron chi connectivity index (χ2n) is 25.9. The predicted molar refractivity (Wildman–Crippen MR) is 451 cm³/mol. The van der Waals surface area contributed by atoms with E-state index in [1.165, 1.54) is 102 Å². The fourth-order valence-electron chi connectivity index (χ4n) is 10.4. The molecule has 0 aromatic carbocycles. The van der Waals surface area contributed by atoms with Gasteiger partial charge in [0.2, 0.25) is 11.6 Å². The van der Waals surface area contributed by atoms with E-state index < -0.39 is 72.9 Å². The summed E-state index contributed by atoms with van der Waals surface area (Å²) in [6.07, 6.45) is 9.67. The van der Waals surface area contributed by atoms with E-state index in [1.807, 2.05) is 90.9 Å². The first-order valence-corrected chi connectivity index (χ1v) is 81.8. The minimum atomic E-state index is -2.15. The summed E-state index contributed by atoms with van der Waals surface area (Å²) in [4.78, 5) is 59.0. The molecule has 0 amide bonds. The van der Waals surface area contributed by atoms with Gasteiger partial charge in [-0.25, -0.2) is 0 Å². The van der Waals surface area contributed by atoms with Crippen molar-refractivity contribution in [1.29, 1.82) is 0 Å². The molecule has 0 N–H and O–H groups in total. The summed E-state index contributed by atoms with van der Waals surface area (Å²) in [5.74, 6) is 1.74. The average Bonchev–Trinajstić information content (AvgIpc) is 1.59. The van der Waals surface area contributed by atoms with Crippen molar-refractivity contribution in [2.24, 2.45) is 0 Å². The van der Waals surface area contributed by atoms with E-state index in [1.54, 1.807) is 60.9 Å². The number of ether oxygens (including phenoxy) is 2. The maximum absolute atomic E-state index is 11.8. The molecule has 2 saturated heterocycles. The van der Waals surface area contributed by atoms with Gasteiger partial charge in [0.1, 0.15) is 0 Å². The molecular weight excluding hydrogens is 1910 g/mol. The van der Waals surface area contributed by atoms with Crippen LogP contribution < -0.4 is 43.5 Å². The summed E-state index contributed by atoms with van der Waals surface area (Å²) in [7, 11) is 15.6. The molecule has 16 rings (SSSR count). The molecular formula is C75H91Cl3Li2O4S11Sn4. The largest absolute Gasteiger partial charge is 1.00 e. The molecule has 4 unspecified atom stereocenters. The smallest absolute Gasteiger partial charge is 0.152 e. The van der Waals surface area contributed by atoms with E-state index in [4.69, 9.17) is 36.2 Å². The summed E-state index contributed by atoms with van der Waals surface area (Å²) in [5.41, 5.74) is 7.39. The van der Waals surface area contributed by atoms with Gasteiger partial charge in [-0.2, -0.15) is 24.2 Å². The van der Waals surface area contributed by atoms with E-state index in [9.17, 15) is 9.59 Å². The first-order valence-electron chi connectivity index (χ1n) is 32.8. The Morgan fingerprint density at radius 1 is 0.434 bits per heavy atom. The van der Waals surface area contributed by atoms with Crippen LogP contribution >= 0.6 is 151 Å². The molecule has 2 fully saturated rings. The van der Waals surface area contributed by atoms with Gasteiger partial charge >= 0.3 is 323 Å². The number of hydrogen-bond acceptors (Lipinski definition) is 15. The summed E-state index contributed by atoms with van der Waals surface area (Å²) in [6.45, 7) is 15.4. The summed E-state index contributed by atoms with van der Waals surface area (Å²) in [5, 5.41) is 21.1. The average molecular weight is 2000 g/mol. The van der Waals surface area contributed by atoms with Gasteiger partial charge in [0.05, 0.1) is 21.6 Å². The molecule has 0 spiro atoms. The minimum Gasteiger partial charge on any atom is -0.152 e. The number of hydrogen-bond donors (Lipinski definition) is 0. The minimum absolute atomic E-state index is 0. The van der Waals surface area contributed by atoms with Crippen molar-refractivity contribution < 1.29 is 56.8 Å². The van der Waals surface area contributed by atoms with Crippen molar-refractivity contribution in [3.05, 3.63) is 247 Å². The fourth-order valence-corrected chi connectivity index (χ4v) is 31.7.